The van der Waals surface area contributed by atoms with Crippen molar-refractivity contribution in [3.8, 4) is 0 Å². The van der Waals surface area contributed by atoms with Gasteiger partial charge in [0.25, 0.3) is 5.91 Å². The van der Waals surface area contributed by atoms with E-state index in [9.17, 15) is 19.2 Å². The molecule has 2 amide bonds. The van der Waals surface area contributed by atoms with Gasteiger partial charge in [-0.25, -0.2) is 9.78 Å². The van der Waals surface area contributed by atoms with Gasteiger partial charge < -0.3 is 24.5 Å². The number of benzene rings is 2. The number of hydrogen-bond acceptors (Lipinski definition) is 15. The molecule has 2 saturated heterocycles. The molecule has 0 aliphatic carbocycles. The van der Waals surface area contributed by atoms with E-state index >= 15 is 0 Å². The number of fused-ring (bicyclic) bond motifs is 2. The summed E-state index contributed by atoms with van der Waals surface area (Å²) in [6, 6.07) is 21.7. The molecular formula is C37H36N8O7S3. The Morgan fingerprint density at radius 3 is 2.45 bits per heavy atom. The quantitative estimate of drug-likeness (QED) is 0.0591. The molecule has 2 aliphatic heterocycles. The molecule has 2 fully saturated rings. The first-order valence-corrected chi connectivity index (χ1v) is 20.1. The molecule has 15 nitrogen and oxygen atoms in total. The van der Waals surface area contributed by atoms with E-state index in [-0.39, 0.29) is 35.4 Å². The summed E-state index contributed by atoms with van der Waals surface area (Å²) in [5.74, 6) is -1.66. The topological polar surface area (TPSA) is 180 Å². The van der Waals surface area contributed by atoms with Gasteiger partial charge in [-0.2, -0.15) is 9.61 Å². The van der Waals surface area contributed by atoms with Crippen molar-refractivity contribution in [1.29, 1.82) is 0 Å². The van der Waals surface area contributed by atoms with Crippen LogP contribution in [0.15, 0.2) is 100 Å². The zero-order chi connectivity index (χ0) is 38.6. The molecule has 0 saturated carbocycles. The van der Waals surface area contributed by atoms with Crippen molar-refractivity contribution in [2.45, 2.75) is 48.9 Å². The molecule has 3 atom stereocenters. The minimum Gasteiger partial charge on any atom is -0.457 e. The number of rotatable bonds is 13. The maximum Gasteiger partial charge on any atom is 0.347 e. The van der Waals surface area contributed by atoms with Crippen LogP contribution in [0.2, 0.25) is 0 Å². The van der Waals surface area contributed by atoms with Gasteiger partial charge in [0, 0.05) is 23.4 Å². The predicted octanol–water partition coefficient (Wildman–Crippen LogP) is 4.15. The fraction of sp³-hybridized carbons (Fsp3) is 0.324. The van der Waals surface area contributed by atoms with Gasteiger partial charge in [-0.15, -0.1) is 45.1 Å². The lowest BCUT2D eigenvalue weighted by Gasteiger charge is -2.54. The molecule has 2 unspecified atom stereocenters. The molecule has 55 heavy (non-hydrogen) atoms. The average Bonchev–Trinajstić information content (AvgIpc) is 3.89. The summed E-state index contributed by atoms with van der Waals surface area (Å²) in [6.07, 6.45) is 0.811. The second-order valence-electron chi connectivity index (χ2n) is 13.8. The van der Waals surface area contributed by atoms with E-state index in [1.807, 2.05) is 66.7 Å². The number of esters is 2. The Labute approximate surface area is 328 Å². The van der Waals surface area contributed by atoms with Crippen LogP contribution in [-0.2, 0) is 33.5 Å². The van der Waals surface area contributed by atoms with Gasteiger partial charge in [0.1, 0.15) is 39.5 Å². The number of carbonyl (C=O) groups is 4. The van der Waals surface area contributed by atoms with Crippen LogP contribution in [0.5, 0.6) is 0 Å². The Bertz CT molecular complexity index is 2160. The minimum atomic E-state index is -1.15. The van der Waals surface area contributed by atoms with Crippen LogP contribution in [0.3, 0.4) is 0 Å². The van der Waals surface area contributed by atoms with E-state index in [1.54, 1.807) is 41.6 Å². The average molecular weight is 801 g/mol. The van der Waals surface area contributed by atoms with Crippen molar-refractivity contribution >= 4 is 70.0 Å². The summed E-state index contributed by atoms with van der Waals surface area (Å²) in [6.45, 7) is 4.69. The lowest BCUT2D eigenvalue weighted by Crippen LogP contribution is -2.74. The van der Waals surface area contributed by atoms with Crippen LogP contribution in [0.1, 0.15) is 43.7 Å². The Balaban J connectivity index is 1.09. The van der Waals surface area contributed by atoms with E-state index in [0.29, 0.717) is 10.7 Å². The molecule has 2 aliphatic rings. The van der Waals surface area contributed by atoms with Crippen molar-refractivity contribution in [1.82, 2.24) is 35.0 Å². The molecule has 7 rings (SSSR count). The normalized spacial score (nSPS) is 19.7. The van der Waals surface area contributed by atoms with Crippen LogP contribution in [0.25, 0.3) is 5.65 Å². The maximum absolute atomic E-state index is 14.6. The van der Waals surface area contributed by atoms with Crippen LogP contribution < -0.4 is 5.32 Å². The van der Waals surface area contributed by atoms with Crippen LogP contribution in [0, 0.1) is 5.41 Å². The molecular weight excluding hydrogens is 765 g/mol. The third-order valence-corrected chi connectivity index (χ3v) is 12.0. The molecule has 2 aromatic carbocycles. The molecule has 0 spiro atoms. The Kier molecular flexibility index (Phi) is 11.2. The second kappa shape index (κ2) is 16.2. The zero-order valence-corrected chi connectivity index (χ0v) is 32.4. The van der Waals surface area contributed by atoms with E-state index < -0.39 is 53.0 Å². The summed E-state index contributed by atoms with van der Waals surface area (Å²) >= 11 is 3.99. The summed E-state index contributed by atoms with van der Waals surface area (Å²) in [7, 11) is 0. The summed E-state index contributed by atoms with van der Waals surface area (Å²) in [5.41, 5.74) is 1.87. The number of ether oxygens (including phenoxy) is 2. The standard InChI is InChI=1S/C37H36N8O7S3/c1-36(2,3)52-28(46)16-50-43-29(25-17-53-22-38-25)32(47)40-30-33(48)44-18-37(20-55-34(30)44,19-54-27-15-14-26-41-39-21-45(26)42-27)35(49)51-31(23-10-6-4-7-11-23)24-12-8-5-9-13-24/h4-15,17,21-22,30-31,34H,16,18-20H2,1-3H3,(H,40,47)/t30?,34-,37?/m1/s1. The van der Waals surface area contributed by atoms with Crippen molar-refractivity contribution in [2.24, 2.45) is 10.6 Å². The Morgan fingerprint density at radius 2 is 1.78 bits per heavy atom. The summed E-state index contributed by atoms with van der Waals surface area (Å²) in [4.78, 5) is 65.1. The number of carbonyl (C=O) groups excluding carboxylic acids is 4. The molecule has 18 heteroatoms. The number of nitrogens with one attached hydrogen (secondary N) is 1. The number of hydrogen-bond donors (Lipinski definition) is 1. The van der Waals surface area contributed by atoms with Gasteiger partial charge in [-0.1, -0.05) is 65.8 Å². The second-order valence-corrected chi connectivity index (χ2v) is 16.6. The highest BCUT2D eigenvalue weighted by Gasteiger charge is 2.58. The minimum absolute atomic E-state index is 0.0545. The number of thiazole rings is 1. The number of amides is 2. The first-order chi connectivity index (χ1) is 26.5. The van der Waals surface area contributed by atoms with Gasteiger partial charge in [0.2, 0.25) is 12.5 Å². The molecule has 3 aromatic heterocycles. The van der Waals surface area contributed by atoms with Crippen LogP contribution in [-0.4, -0.2) is 101 Å². The highest BCUT2D eigenvalue weighted by atomic mass is 32.2. The molecule has 0 radical (unpaired) electrons. The van der Waals surface area contributed by atoms with E-state index in [4.69, 9.17) is 14.3 Å². The van der Waals surface area contributed by atoms with Crippen molar-refractivity contribution in [3.63, 3.8) is 0 Å². The summed E-state index contributed by atoms with van der Waals surface area (Å²) in [5, 5.41) is 20.9. The van der Waals surface area contributed by atoms with Gasteiger partial charge in [0.15, 0.2) is 17.5 Å². The van der Waals surface area contributed by atoms with Gasteiger partial charge in [-0.3, -0.25) is 14.4 Å². The predicted molar refractivity (Wildman–Crippen MR) is 205 cm³/mol. The number of β-lactam (4-membered cyclic amide) rings is 1. The van der Waals surface area contributed by atoms with Crippen molar-refractivity contribution < 1.29 is 33.5 Å². The lowest BCUT2D eigenvalue weighted by molar-refractivity contribution is -0.164. The molecule has 5 heterocycles. The number of aromatic nitrogens is 5. The fourth-order valence-electron chi connectivity index (χ4n) is 5.98. The van der Waals surface area contributed by atoms with Gasteiger partial charge in [-0.05, 0) is 44.0 Å². The first kappa shape index (κ1) is 38.0. The highest BCUT2D eigenvalue weighted by Crippen LogP contribution is 2.46. The Morgan fingerprint density at radius 1 is 1.05 bits per heavy atom. The molecule has 1 N–H and O–H groups in total. The lowest BCUT2D eigenvalue weighted by atomic mass is 9.88. The Hall–Kier alpha value is -5.33. The third kappa shape index (κ3) is 8.66. The smallest absolute Gasteiger partial charge is 0.347 e. The monoisotopic (exact) mass is 800 g/mol. The highest BCUT2D eigenvalue weighted by molar-refractivity contribution is 8.00. The summed E-state index contributed by atoms with van der Waals surface area (Å²) < 4.78 is 13.2. The van der Waals surface area contributed by atoms with Crippen LogP contribution in [0.4, 0.5) is 0 Å². The third-order valence-electron chi connectivity index (χ3n) is 8.58. The van der Waals surface area contributed by atoms with Gasteiger partial charge >= 0.3 is 11.9 Å². The SMILES string of the molecule is CC(C)(C)OC(=O)CON=C(C(=O)NC1C(=O)N2CC(CSc3ccc4nncn4n3)(C(=O)OC(c3ccccc3)c3ccccc3)CS[C@H]12)c1cscn1. The van der Waals surface area contributed by atoms with Crippen LogP contribution >= 0.6 is 34.9 Å². The van der Waals surface area contributed by atoms with E-state index in [0.717, 1.165) is 11.1 Å². The number of nitrogens with zero attached hydrogens (tertiary/aromatic N) is 7. The van der Waals surface area contributed by atoms with Crippen molar-refractivity contribution in [3.05, 3.63) is 107 Å². The van der Waals surface area contributed by atoms with E-state index in [2.05, 4.69) is 30.8 Å². The molecule has 284 valence electrons. The largest absolute Gasteiger partial charge is 0.457 e. The maximum atomic E-state index is 14.6. The van der Waals surface area contributed by atoms with Crippen molar-refractivity contribution in [2.75, 3.05) is 24.7 Å². The number of thioether (sulfide) groups is 2. The van der Waals surface area contributed by atoms with E-state index in [1.165, 1.54) is 46.7 Å². The van der Waals surface area contributed by atoms with Gasteiger partial charge in [0.05, 0.1) is 5.51 Å². The first-order valence-electron chi connectivity index (χ1n) is 17.1. The number of oxime groups is 1. The molecule has 5 aromatic rings. The fourth-order valence-corrected chi connectivity index (χ4v) is 9.23. The molecule has 0 bridgehead atoms. The zero-order valence-electron chi connectivity index (χ0n) is 29.9.